The van der Waals surface area contributed by atoms with E-state index in [1.165, 1.54) is 80.2 Å². The number of benzene rings is 1. The minimum atomic E-state index is 0.820. The van der Waals surface area contributed by atoms with Gasteiger partial charge in [0.1, 0.15) is 0 Å². The molecule has 0 heteroatoms. The monoisotopic (exact) mass is 316 g/mol. The first kappa shape index (κ1) is 14.8. The Labute approximate surface area is 145 Å². The standard InChI is InChI=1S/C24H28/c1-3-8-17(9-4-1)22-16-21-14-19-12-7-13-20(19)15-23(21)24(22)18-10-5-2-6-11-18/h7,12-18H,1-6,8-11H2. The van der Waals surface area contributed by atoms with Crippen LogP contribution >= 0.6 is 0 Å². The van der Waals surface area contributed by atoms with Crippen molar-refractivity contribution in [2.45, 2.75) is 64.2 Å². The van der Waals surface area contributed by atoms with Crippen molar-refractivity contribution < 1.29 is 0 Å². The lowest BCUT2D eigenvalue weighted by atomic mass is 9.75. The van der Waals surface area contributed by atoms with E-state index in [1.54, 1.807) is 16.7 Å². The zero-order valence-corrected chi connectivity index (χ0v) is 14.7. The molecule has 0 nitrogen and oxygen atoms in total. The van der Waals surface area contributed by atoms with Crippen LogP contribution in [0.15, 0.2) is 23.8 Å². The van der Waals surface area contributed by atoms with Gasteiger partial charge >= 0.3 is 0 Å². The molecular weight excluding hydrogens is 288 g/mol. The summed E-state index contributed by atoms with van der Waals surface area (Å²) < 4.78 is 0. The van der Waals surface area contributed by atoms with Crippen LogP contribution in [0.4, 0.5) is 0 Å². The van der Waals surface area contributed by atoms with Crippen molar-refractivity contribution in [3.63, 3.8) is 0 Å². The van der Waals surface area contributed by atoms with E-state index in [0.717, 1.165) is 11.8 Å². The number of rotatable bonds is 2. The molecule has 2 saturated carbocycles. The molecule has 1 aromatic carbocycles. The summed E-state index contributed by atoms with van der Waals surface area (Å²) >= 11 is 0. The van der Waals surface area contributed by atoms with E-state index in [2.05, 4.69) is 36.4 Å². The van der Waals surface area contributed by atoms with Crippen molar-refractivity contribution in [3.05, 3.63) is 45.3 Å². The van der Waals surface area contributed by atoms with Crippen LogP contribution in [-0.4, -0.2) is 0 Å². The molecule has 24 heavy (non-hydrogen) atoms. The molecule has 0 unspecified atom stereocenters. The van der Waals surface area contributed by atoms with Crippen LogP contribution < -0.4 is 10.4 Å². The molecule has 1 aromatic rings. The lowest BCUT2D eigenvalue weighted by Crippen LogP contribution is -2.18. The zero-order chi connectivity index (χ0) is 15.9. The first-order valence-corrected chi connectivity index (χ1v) is 10.2. The first-order valence-electron chi connectivity index (χ1n) is 10.2. The molecule has 4 aliphatic rings. The molecular formula is C24H28. The predicted octanol–water partition coefficient (Wildman–Crippen LogP) is 5.20. The predicted molar refractivity (Wildman–Crippen MR) is 104 cm³/mol. The van der Waals surface area contributed by atoms with Crippen LogP contribution in [0.3, 0.4) is 0 Å². The normalized spacial score (nSPS) is 23.8. The van der Waals surface area contributed by atoms with Gasteiger partial charge in [0.05, 0.1) is 0 Å². The largest absolute Gasteiger partial charge is 0.0610 e. The number of fused-ring (bicyclic) bond motifs is 2. The van der Waals surface area contributed by atoms with Crippen LogP contribution in [-0.2, 0) is 0 Å². The van der Waals surface area contributed by atoms with Gasteiger partial charge in [0.2, 0.25) is 0 Å². The quantitative estimate of drug-likeness (QED) is 0.703. The van der Waals surface area contributed by atoms with E-state index in [9.17, 15) is 0 Å². The summed E-state index contributed by atoms with van der Waals surface area (Å²) in [5.74, 6) is 1.65. The van der Waals surface area contributed by atoms with E-state index in [1.807, 2.05) is 0 Å². The van der Waals surface area contributed by atoms with Gasteiger partial charge in [-0.3, -0.25) is 0 Å². The fourth-order valence-corrected chi connectivity index (χ4v) is 5.55. The summed E-state index contributed by atoms with van der Waals surface area (Å²) in [4.78, 5) is 0. The number of hydrogen-bond donors (Lipinski definition) is 0. The highest BCUT2D eigenvalue weighted by atomic mass is 14.3. The van der Waals surface area contributed by atoms with Crippen molar-refractivity contribution in [3.8, 4) is 0 Å². The van der Waals surface area contributed by atoms with Crippen LogP contribution in [0.2, 0.25) is 0 Å². The lowest BCUT2D eigenvalue weighted by Gasteiger charge is -2.29. The molecule has 0 bridgehead atoms. The molecule has 0 N–H and O–H groups in total. The Morgan fingerprint density at radius 3 is 2.17 bits per heavy atom. The van der Waals surface area contributed by atoms with Crippen molar-refractivity contribution in [1.82, 2.24) is 0 Å². The van der Waals surface area contributed by atoms with Crippen LogP contribution in [0, 0.1) is 11.8 Å². The zero-order valence-electron chi connectivity index (χ0n) is 14.7. The number of allylic oxidation sites excluding steroid dienone is 3. The maximum atomic E-state index is 2.59. The summed E-state index contributed by atoms with van der Waals surface area (Å²) in [5.41, 5.74) is 6.50. The smallest absolute Gasteiger partial charge is 0.0140 e. The topological polar surface area (TPSA) is 0 Å². The average Bonchev–Trinajstić information content (AvgIpc) is 3.24. The second kappa shape index (κ2) is 6.06. The average molecular weight is 316 g/mol. The molecule has 2 fully saturated rings. The van der Waals surface area contributed by atoms with Crippen molar-refractivity contribution >= 4 is 23.8 Å². The highest BCUT2D eigenvalue weighted by Crippen LogP contribution is 2.43. The Balaban J connectivity index is 1.63. The van der Waals surface area contributed by atoms with E-state index >= 15 is 0 Å². The SMILES string of the molecule is C1=Cc2cc3c(cc2=C1)C(C1CCCCC1)=C(C1CCCCC1)C=3. The van der Waals surface area contributed by atoms with Gasteiger partial charge in [0.15, 0.2) is 0 Å². The second-order valence-corrected chi connectivity index (χ2v) is 8.28. The Hall–Kier alpha value is -1.56. The van der Waals surface area contributed by atoms with Gasteiger partial charge in [-0.2, -0.15) is 0 Å². The Morgan fingerprint density at radius 2 is 1.42 bits per heavy atom. The minimum Gasteiger partial charge on any atom is -0.0610 e. The molecule has 0 aromatic heterocycles. The number of hydrogen-bond acceptors (Lipinski definition) is 0. The van der Waals surface area contributed by atoms with Gasteiger partial charge in [0.25, 0.3) is 0 Å². The van der Waals surface area contributed by atoms with E-state index in [0.29, 0.717) is 0 Å². The molecule has 0 heterocycles. The summed E-state index contributed by atoms with van der Waals surface area (Å²) in [5, 5.41) is 2.94. The van der Waals surface area contributed by atoms with Crippen LogP contribution in [0.25, 0.3) is 23.8 Å². The fraction of sp³-hybridized carbons (Fsp3) is 0.500. The Kier molecular flexibility index (Phi) is 3.73. The third-order valence-electron chi connectivity index (χ3n) is 6.78. The van der Waals surface area contributed by atoms with Gasteiger partial charge < -0.3 is 0 Å². The molecule has 0 radical (unpaired) electrons. The summed E-state index contributed by atoms with van der Waals surface area (Å²) in [7, 11) is 0. The maximum Gasteiger partial charge on any atom is -0.0140 e. The van der Waals surface area contributed by atoms with Crippen molar-refractivity contribution in [2.24, 2.45) is 11.8 Å². The van der Waals surface area contributed by atoms with Crippen LogP contribution in [0.1, 0.15) is 75.3 Å². The van der Waals surface area contributed by atoms with Crippen molar-refractivity contribution in [2.75, 3.05) is 0 Å². The minimum absolute atomic E-state index is 0.820. The van der Waals surface area contributed by atoms with Gasteiger partial charge in [0, 0.05) is 0 Å². The summed E-state index contributed by atoms with van der Waals surface area (Å²) in [6.07, 6.45) is 23.6. The third kappa shape index (κ3) is 2.42. The van der Waals surface area contributed by atoms with Crippen molar-refractivity contribution in [1.29, 1.82) is 0 Å². The molecule has 124 valence electrons. The Morgan fingerprint density at radius 1 is 0.708 bits per heavy atom. The third-order valence-corrected chi connectivity index (χ3v) is 6.78. The van der Waals surface area contributed by atoms with E-state index in [-0.39, 0.29) is 0 Å². The fourth-order valence-electron chi connectivity index (χ4n) is 5.55. The molecule has 0 spiro atoms. The Bertz CT molecular complexity index is 822. The molecule has 0 saturated heterocycles. The lowest BCUT2D eigenvalue weighted by molar-refractivity contribution is 0.401. The van der Waals surface area contributed by atoms with E-state index < -0.39 is 0 Å². The molecule has 0 amide bonds. The second-order valence-electron chi connectivity index (χ2n) is 8.28. The highest BCUT2D eigenvalue weighted by molar-refractivity contribution is 5.86. The summed E-state index contributed by atoms with van der Waals surface area (Å²) in [6.45, 7) is 0. The highest BCUT2D eigenvalue weighted by Gasteiger charge is 2.29. The molecule has 5 rings (SSSR count). The molecule has 0 aliphatic heterocycles. The summed E-state index contributed by atoms with van der Waals surface area (Å²) in [6, 6.07) is 4.95. The first-order chi connectivity index (χ1) is 11.9. The van der Waals surface area contributed by atoms with Gasteiger partial charge in [-0.05, 0) is 82.4 Å². The van der Waals surface area contributed by atoms with Crippen LogP contribution in [0.5, 0.6) is 0 Å². The van der Waals surface area contributed by atoms with Gasteiger partial charge in [-0.1, -0.05) is 62.8 Å². The molecule has 0 atom stereocenters. The van der Waals surface area contributed by atoms with E-state index in [4.69, 9.17) is 0 Å². The van der Waals surface area contributed by atoms with Gasteiger partial charge in [-0.25, -0.2) is 0 Å². The maximum absolute atomic E-state index is 2.59. The van der Waals surface area contributed by atoms with Gasteiger partial charge in [-0.15, -0.1) is 0 Å². The molecule has 4 aliphatic carbocycles.